The Morgan fingerprint density at radius 1 is 1.47 bits per heavy atom. The standard InChI is InChI=1S/C12H17N3O2/c1-9-5-3-4-6-10(9)7-12(16)15(2)8-11(13)14-17/h3-6,17H,7-8H2,1-2H3,(H2,13,14). The minimum absolute atomic E-state index is 0.0191. The molecule has 0 aliphatic rings. The molecule has 0 unspecified atom stereocenters. The number of amidine groups is 1. The van der Waals surface area contributed by atoms with Crippen LogP contribution in [0.15, 0.2) is 29.4 Å². The molecule has 0 aliphatic heterocycles. The van der Waals surface area contributed by atoms with E-state index in [9.17, 15) is 4.79 Å². The molecule has 17 heavy (non-hydrogen) atoms. The maximum atomic E-state index is 11.8. The molecule has 0 radical (unpaired) electrons. The van der Waals surface area contributed by atoms with Gasteiger partial charge < -0.3 is 15.8 Å². The van der Waals surface area contributed by atoms with Gasteiger partial charge in [0.2, 0.25) is 5.91 Å². The van der Waals surface area contributed by atoms with Crippen molar-refractivity contribution in [2.24, 2.45) is 10.9 Å². The van der Waals surface area contributed by atoms with Gasteiger partial charge in [-0.2, -0.15) is 0 Å². The van der Waals surface area contributed by atoms with E-state index in [4.69, 9.17) is 10.9 Å². The second-order valence-electron chi connectivity index (χ2n) is 3.94. The van der Waals surface area contributed by atoms with Gasteiger partial charge in [-0.15, -0.1) is 0 Å². The molecule has 0 atom stereocenters. The number of aryl methyl sites for hydroxylation is 1. The second-order valence-corrected chi connectivity index (χ2v) is 3.94. The number of hydrogen-bond acceptors (Lipinski definition) is 3. The van der Waals surface area contributed by atoms with Crippen LogP contribution in [0, 0.1) is 6.92 Å². The highest BCUT2D eigenvalue weighted by Gasteiger charge is 2.12. The predicted molar refractivity (Wildman–Crippen MR) is 65.9 cm³/mol. The van der Waals surface area contributed by atoms with Crippen molar-refractivity contribution in [3.05, 3.63) is 35.4 Å². The summed E-state index contributed by atoms with van der Waals surface area (Å²) in [6, 6.07) is 7.72. The first-order valence-corrected chi connectivity index (χ1v) is 5.29. The van der Waals surface area contributed by atoms with Crippen LogP contribution in [0.4, 0.5) is 0 Å². The summed E-state index contributed by atoms with van der Waals surface area (Å²) in [6.07, 6.45) is 0.321. The Morgan fingerprint density at radius 2 is 2.12 bits per heavy atom. The molecular formula is C12H17N3O2. The van der Waals surface area contributed by atoms with E-state index in [0.717, 1.165) is 11.1 Å². The van der Waals surface area contributed by atoms with Crippen LogP contribution in [-0.2, 0) is 11.2 Å². The Balaban J connectivity index is 2.64. The molecule has 1 amide bonds. The number of benzene rings is 1. The van der Waals surface area contributed by atoms with Gasteiger partial charge in [0.05, 0.1) is 13.0 Å². The molecule has 0 bridgehead atoms. The average molecular weight is 235 g/mol. The summed E-state index contributed by atoms with van der Waals surface area (Å²) < 4.78 is 0. The zero-order valence-corrected chi connectivity index (χ0v) is 10.1. The molecule has 92 valence electrons. The van der Waals surface area contributed by atoms with E-state index in [1.54, 1.807) is 7.05 Å². The zero-order chi connectivity index (χ0) is 12.8. The van der Waals surface area contributed by atoms with Crippen molar-refractivity contribution < 1.29 is 10.0 Å². The van der Waals surface area contributed by atoms with Gasteiger partial charge in [0, 0.05) is 7.05 Å². The molecule has 3 N–H and O–H groups in total. The molecule has 0 saturated carbocycles. The molecule has 0 fully saturated rings. The molecule has 5 nitrogen and oxygen atoms in total. The highest BCUT2D eigenvalue weighted by atomic mass is 16.4. The maximum absolute atomic E-state index is 11.8. The second kappa shape index (κ2) is 5.89. The van der Waals surface area contributed by atoms with Crippen molar-refractivity contribution in [2.45, 2.75) is 13.3 Å². The third-order valence-corrected chi connectivity index (χ3v) is 2.56. The van der Waals surface area contributed by atoms with Crippen LogP contribution < -0.4 is 5.73 Å². The Kier molecular flexibility index (Phi) is 4.51. The molecule has 1 rings (SSSR count). The van der Waals surface area contributed by atoms with Crippen molar-refractivity contribution in [3.63, 3.8) is 0 Å². The maximum Gasteiger partial charge on any atom is 0.227 e. The Labute approximate surface area is 101 Å². The monoisotopic (exact) mass is 235 g/mol. The fourth-order valence-corrected chi connectivity index (χ4v) is 1.47. The SMILES string of the molecule is Cc1ccccc1CC(=O)N(C)C/C(N)=N/O. The van der Waals surface area contributed by atoms with Gasteiger partial charge in [-0.1, -0.05) is 29.4 Å². The van der Waals surface area contributed by atoms with Crippen molar-refractivity contribution in [2.75, 3.05) is 13.6 Å². The molecule has 1 aromatic rings. The fourth-order valence-electron chi connectivity index (χ4n) is 1.47. The average Bonchev–Trinajstić information content (AvgIpc) is 2.31. The summed E-state index contributed by atoms with van der Waals surface area (Å²) in [5.74, 6) is -0.0449. The molecule has 0 spiro atoms. The number of oxime groups is 1. The van der Waals surface area contributed by atoms with E-state index in [2.05, 4.69) is 5.16 Å². The van der Waals surface area contributed by atoms with Crippen molar-refractivity contribution in [3.8, 4) is 0 Å². The first kappa shape index (κ1) is 13.0. The zero-order valence-electron chi connectivity index (χ0n) is 10.1. The number of rotatable bonds is 4. The van der Waals surface area contributed by atoms with Crippen LogP contribution in [0.5, 0.6) is 0 Å². The number of nitrogens with two attached hydrogens (primary N) is 1. The largest absolute Gasteiger partial charge is 0.409 e. The van der Waals surface area contributed by atoms with Crippen LogP contribution in [0.1, 0.15) is 11.1 Å². The van der Waals surface area contributed by atoms with Gasteiger partial charge in [0.15, 0.2) is 5.84 Å². The summed E-state index contributed by atoms with van der Waals surface area (Å²) in [5, 5.41) is 11.3. The summed E-state index contributed by atoms with van der Waals surface area (Å²) in [4.78, 5) is 13.3. The van der Waals surface area contributed by atoms with Gasteiger partial charge in [-0.25, -0.2) is 0 Å². The van der Waals surface area contributed by atoms with Crippen molar-refractivity contribution >= 4 is 11.7 Å². The fraction of sp³-hybridized carbons (Fsp3) is 0.333. The van der Waals surface area contributed by atoms with Crippen LogP contribution in [-0.4, -0.2) is 35.4 Å². The Hall–Kier alpha value is -2.04. The van der Waals surface area contributed by atoms with Gasteiger partial charge >= 0.3 is 0 Å². The third-order valence-electron chi connectivity index (χ3n) is 2.56. The van der Waals surface area contributed by atoms with Crippen LogP contribution in [0.2, 0.25) is 0 Å². The first-order valence-electron chi connectivity index (χ1n) is 5.29. The Bertz CT molecular complexity index is 430. The molecule has 0 aliphatic carbocycles. The summed E-state index contributed by atoms with van der Waals surface area (Å²) in [6.45, 7) is 2.09. The summed E-state index contributed by atoms with van der Waals surface area (Å²) >= 11 is 0. The smallest absolute Gasteiger partial charge is 0.227 e. The topological polar surface area (TPSA) is 78.9 Å². The number of nitrogens with zero attached hydrogens (tertiary/aromatic N) is 2. The minimum atomic E-state index is -0.0640. The number of amides is 1. The molecule has 1 aromatic carbocycles. The van der Waals surface area contributed by atoms with E-state index < -0.39 is 0 Å². The van der Waals surface area contributed by atoms with Gasteiger partial charge in [0.25, 0.3) is 0 Å². The van der Waals surface area contributed by atoms with Gasteiger partial charge in [0.1, 0.15) is 0 Å². The lowest BCUT2D eigenvalue weighted by molar-refractivity contribution is -0.128. The highest BCUT2D eigenvalue weighted by molar-refractivity contribution is 5.87. The van der Waals surface area contributed by atoms with E-state index in [0.29, 0.717) is 6.42 Å². The molecule has 0 aromatic heterocycles. The molecule has 0 heterocycles. The summed E-state index contributed by atoms with van der Waals surface area (Å²) in [5.41, 5.74) is 7.41. The molecule has 0 saturated heterocycles. The van der Waals surface area contributed by atoms with Gasteiger partial charge in [-0.05, 0) is 18.1 Å². The third kappa shape index (κ3) is 3.79. The van der Waals surface area contributed by atoms with E-state index in [1.165, 1.54) is 4.90 Å². The van der Waals surface area contributed by atoms with E-state index >= 15 is 0 Å². The van der Waals surface area contributed by atoms with Crippen molar-refractivity contribution in [1.82, 2.24) is 4.90 Å². The summed E-state index contributed by atoms with van der Waals surface area (Å²) in [7, 11) is 1.62. The molecular weight excluding hydrogens is 218 g/mol. The first-order chi connectivity index (χ1) is 8.04. The molecule has 5 heteroatoms. The Morgan fingerprint density at radius 3 is 2.71 bits per heavy atom. The number of likely N-dealkylation sites (N-methyl/N-ethyl adjacent to an activating group) is 1. The van der Waals surface area contributed by atoms with E-state index in [1.807, 2.05) is 31.2 Å². The minimum Gasteiger partial charge on any atom is -0.409 e. The quantitative estimate of drug-likeness (QED) is 0.350. The number of carbonyl (C=O) groups is 1. The van der Waals surface area contributed by atoms with Crippen LogP contribution >= 0.6 is 0 Å². The number of hydrogen-bond donors (Lipinski definition) is 2. The van der Waals surface area contributed by atoms with E-state index in [-0.39, 0.29) is 18.3 Å². The predicted octanol–water partition coefficient (Wildman–Crippen LogP) is 0.742. The lowest BCUT2D eigenvalue weighted by Gasteiger charge is -2.16. The number of carbonyl (C=O) groups excluding carboxylic acids is 1. The highest BCUT2D eigenvalue weighted by Crippen LogP contribution is 2.08. The van der Waals surface area contributed by atoms with Crippen molar-refractivity contribution in [1.29, 1.82) is 0 Å². The lowest BCUT2D eigenvalue weighted by Crippen LogP contribution is -2.36. The van der Waals surface area contributed by atoms with Gasteiger partial charge in [-0.3, -0.25) is 4.79 Å². The van der Waals surface area contributed by atoms with Crippen LogP contribution in [0.25, 0.3) is 0 Å². The normalized spacial score (nSPS) is 11.3. The van der Waals surface area contributed by atoms with Crippen LogP contribution in [0.3, 0.4) is 0 Å². The lowest BCUT2D eigenvalue weighted by atomic mass is 10.1.